The maximum atomic E-state index is 5.33. The van der Waals surface area contributed by atoms with Crippen LogP contribution in [-0.4, -0.2) is 18.5 Å². The molecule has 0 saturated carbocycles. The standard InChI is InChI=1S/C8H15NO/c1-4-8-9-7(5-10-8)6(2)3/h6-7H,4-5H2,1-3H3/t7-/m0/s1. The highest BCUT2D eigenvalue weighted by atomic mass is 16.5. The number of aliphatic imine (C=N–C) groups is 1. The Morgan fingerprint density at radius 2 is 2.40 bits per heavy atom. The molecule has 1 aliphatic rings. The molecule has 58 valence electrons. The summed E-state index contributed by atoms with van der Waals surface area (Å²) < 4.78 is 5.33. The molecular formula is C8H15NO. The first-order chi connectivity index (χ1) is 4.74. The highest BCUT2D eigenvalue weighted by Crippen LogP contribution is 2.14. The molecular weight excluding hydrogens is 126 g/mol. The van der Waals surface area contributed by atoms with Gasteiger partial charge in [0.15, 0.2) is 5.90 Å². The monoisotopic (exact) mass is 141 g/mol. The van der Waals surface area contributed by atoms with Gasteiger partial charge in [0.05, 0.1) is 6.04 Å². The predicted octanol–water partition coefficient (Wildman–Crippen LogP) is 1.85. The van der Waals surface area contributed by atoms with Gasteiger partial charge in [0.2, 0.25) is 0 Å². The Kier molecular flexibility index (Phi) is 2.30. The molecule has 0 aromatic heterocycles. The summed E-state index contributed by atoms with van der Waals surface area (Å²) in [6, 6.07) is 0.412. The highest BCUT2D eigenvalue weighted by Gasteiger charge is 2.19. The molecule has 1 rings (SSSR count). The van der Waals surface area contributed by atoms with Crippen molar-refractivity contribution in [3.05, 3.63) is 0 Å². The van der Waals surface area contributed by atoms with Crippen molar-refractivity contribution in [2.75, 3.05) is 6.61 Å². The van der Waals surface area contributed by atoms with Crippen molar-refractivity contribution in [2.45, 2.75) is 33.2 Å². The Labute approximate surface area is 62.3 Å². The quantitative estimate of drug-likeness (QED) is 0.575. The van der Waals surface area contributed by atoms with Gasteiger partial charge in [0.25, 0.3) is 0 Å². The molecule has 0 unspecified atom stereocenters. The van der Waals surface area contributed by atoms with Crippen LogP contribution in [0.4, 0.5) is 0 Å². The number of hydrogen-bond donors (Lipinski definition) is 0. The van der Waals surface area contributed by atoms with Crippen LogP contribution in [0.15, 0.2) is 4.99 Å². The Hall–Kier alpha value is -0.530. The fourth-order valence-electron chi connectivity index (χ4n) is 0.976. The van der Waals surface area contributed by atoms with Gasteiger partial charge in [-0.15, -0.1) is 0 Å². The summed E-state index contributed by atoms with van der Waals surface area (Å²) in [7, 11) is 0. The molecule has 0 aromatic rings. The Morgan fingerprint density at radius 3 is 2.70 bits per heavy atom. The van der Waals surface area contributed by atoms with Gasteiger partial charge >= 0.3 is 0 Å². The molecule has 0 spiro atoms. The SMILES string of the molecule is CCC1=N[C@H](C(C)C)CO1. The Morgan fingerprint density at radius 1 is 1.70 bits per heavy atom. The molecule has 0 aromatic carbocycles. The van der Waals surface area contributed by atoms with Crippen LogP contribution in [0.25, 0.3) is 0 Å². The topological polar surface area (TPSA) is 21.6 Å². The average Bonchev–Trinajstić information content (AvgIpc) is 2.34. The van der Waals surface area contributed by atoms with Crippen molar-refractivity contribution < 1.29 is 4.74 Å². The molecule has 0 bridgehead atoms. The molecule has 2 nitrogen and oxygen atoms in total. The lowest BCUT2D eigenvalue weighted by molar-refractivity contribution is 0.286. The van der Waals surface area contributed by atoms with Gasteiger partial charge in [-0.05, 0) is 5.92 Å². The highest BCUT2D eigenvalue weighted by molar-refractivity contribution is 5.77. The van der Waals surface area contributed by atoms with E-state index in [4.69, 9.17) is 4.74 Å². The molecule has 0 N–H and O–H groups in total. The van der Waals surface area contributed by atoms with E-state index in [1.165, 1.54) is 0 Å². The van der Waals surface area contributed by atoms with Gasteiger partial charge in [-0.25, -0.2) is 4.99 Å². The van der Waals surface area contributed by atoms with E-state index in [1.807, 2.05) is 0 Å². The third-order valence-electron chi connectivity index (χ3n) is 1.80. The van der Waals surface area contributed by atoms with Crippen LogP contribution in [0.1, 0.15) is 27.2 Å². The molecule has 10 heavy (non-hydrogen) atoms. The van der Waals surface area contributed by atoms with Crippen LogP contribution in [0.3, 0.4) is 0 Å². The average molecular weight is 141 g/mol. The van der Waals surface area contributed by atoms with Gasteiger partial charge in [-0.3, -0.25) is 0 Å². The summed E-state index contributed by atoms with van der Waals surface area (Å²) in [6.07, 6.45) is 0.934. The lowest BCUT2D eigenvalue weighted by atomic mass is 10.1. The third kappa shape index (κ3) is 1.49. The normalized spacial score (nSPS) is 24.8. The smallest absolute Gasteiger partial charge is 0.183 e. The van der Waals surface area contributed by atoms with Crippen LogP contribution in [0, 0.1) is 5.92 Å². The van der Waals surface area contributed by atoms with Crippen molar-refractivity contribution in [3.63, 3.8) is 0 Å². The van der Waals surface area contributed by atoms with Crippen LogP contribution in [-0.2, 0) is 4.74 Å². The minimum absolute atomic E-state index is 0.412. The maximum Gasteiger partial charge on any atom is 0.183 e. The fraction of sp³-hybridized carbons (Fsp3) is 0.875. The minimum Gasteiger partial charge on any atom is -0.479 e. The summed E-state index contributed by atoms with van der Waals surface area (Å²) in [4.78, 5) is 4.40. The fourth-order valence-corrected chi connectivity index (χ4v) is 0.976. The minimum atomic E-state index is 0.412. The first-order valence-corrected chi connectivity index (χ1v) is 3.93. The zero-order valence-corrected chi connectivity index (χ0v) is 6.92. The zero-order valence-electron chi connectivity index (χ0n) is 6.92. The van der Waals surface area contributed by atoms with Gasteiger partial charge in [0, 0.05) is 6.42 Å². The van der Waals surface area contributed by atoms with E-state index in [2.05, 4.69) is 25.8 Å². The van der Waals surface area contributed by atoms with Crippen molar-refractivity contribution in [2.24, 2.45) is 10.9 Å². The van der Waals surface area contributed by atoms with Crippen LogP contribution < -0.4 is 0 Å². The Bertz CT molecular complexity index is 140. The second kappa shape index (κ2) is 3.04. The summed E-state index contributed by atoms with van der Waals surface area (Å²) in [5.74, 6) is 1.54. The van der Waals surface area contributed by atoms with Gasteiger partial charge < -0.3 is 4.74 Å². The van der Waals surface area contributed by atoms with Crippen molar-refractivity contribution in [1.82, 2.24) is 0 Å². The van der Waals surface area contributed by atoms with Crippen LogP contribution in [0.2, 0.25) is 0 Å². The van der Waals surface area contributed by atoms with E-state index in [-0.39, 0.29) is 0 Å². The van der Waals surface area contributed by atoms with Crippen molar-refractivity contribution in [1.29, 1.82) is 0 Å². The van der Waals surface area contributed by atoms with E-state index in [1.54, 1.807) is 0 Å². The van der Waals surface area contributed by atoms with E-state index in [0.717, 1.165) is 18.9 Å². The van der Waals surface area contributed by atoms with Crippen molar-refractivity contribution >= 4 is 5.90 Å². The van der Waals surface area contributed by atoms with Crippen LogP contribution >= 0.6 is 0 Å². The number of nitrogens with zero attached hydrogens (tertiary/aromatic N) is 1. The first kappa shape index (κ1) is 7.58. The lowest BCUT2D eigenvalue weighted by Crippen LogP contribution is -2.13. The second-order valence-corrected chi connectivity index (χ2v) is 3.00. The number of rotatable bonds is 2. The molecule has 1 aliphatic heterocycles. The number of hydrogen-bond acceptors (Lipinski definition) is 2. The molecule has 2 heteroatoms. The van der Waals surface area contributed by atoms with E-state index in [9.17, 15) is 0 Å². The van der Waals surface area contributed by atoms with Crippen molar-refractivity contribution in [3.8, 4) is 0 Å². The summed E-state index contributed by atoms with van der Waals surface area (Å²) >= 11 is 0. The molecule has 0 saturated heterocycles. The van der Waals surface area contributed by atoms with E-state index < -0.39 is 0 Å². The van der Waals surface area contributed by atoms with Gasteiger partial charge in [-0.2, -0.15) is 0 Å². The summed E-state index contributed by atoms with van der Waals surface area (Å²) in [5.41, 5.74) is 0. The third-order valence-corrected chi connectivity index (χ3v) is 1.80. The first-order valence-electron chi connectivity index (χ1n) is 3.93. The molecule has 0 fully saturated rings. The maximum absolute atomic E-state index is 5.33. The molecule has 0 aliphatic carbocycles. The Balaban J connectivity index is 2.47. The molecule has 0 radical (unpaired) electrons. The second-order valence-electron chi connectivity index (χ2n) is 3.00. The summed E-state index contributed by atoms with van der Waals surface area (Å²) in [5, 5.41) is 0. The number of ether oxygens (including phenoxy) is 1. The van der Waals surface area contributed by atoms with Gasteiger partial charge in [0.1, 0.15) is 6.61 Å². The van der Waals surface area contributed by atoms with Crippen LogP contribution in [0.5, 0.6) is 0 Å². The largest absolute Gasteiger partial charge is 0.479 e. The van der Waals surface area contributed by atoms with E-state index >= 15 is 0 Å². The lowest BCUT2D eigenvalue weighted by Gasteiger charge is -2.06. The molecule has 1 heterocycles. The predicted molar refractivity (Wildman–Crippen MR) is 42.3 cm³/mol. The zero-order chi connectivity index (χ0) is 7.56. The molecule has 0 amide bonds. The van der Waals surface area contributed by atoms with Gasteiger partial charge in [-0.1, -0.05) is 20.8 Å². The van der Waals surface area contributed by atoms with E-state index in [0.29, 0.717) is 12.0 Å². The summed E-state index contributed by atoms with van der Waals surface area (Å²) in [6.45, 7) is 7.22. The molecule has 1 atom stereocenters.